The van der Waals surface area contributed by atoms with Gasteiger partial charge in [-0.1, -0.05) is 71.9 Å². The van der Waals surface area contributed by atoms with Gasteiger partial charge in [-0.25, -0.2) is 0 Å². The lowest BCUT2D eigenvalue weighted by molar-refractivity contribution is -0.151. The predicted molar refractivity (Wildman–Crippen MR) is 203 cm³/mol. The molecule has 2 N–H and O–H groups in total. The second-order valence-electron chi connectivity index (χ2n) is 12.8. The van der Waals surface area contributed by atoms with Gasteiger partial charge in [0, 0.05) is 13.3 Å². The van der Waals surface area contributed by atoms with E-state index >= 15 is 0 Å². The van der Waals surface area contributed by atoms with Crippen molar-refractivity contribution in [2.24, 2.45) is 5.92 Å². The maximum atomic E-state index is 11.2. The molecule has 1 aromatic rings. The zero-order valence-corrected chi connectivity index (χ0v) is 31.6. The van der Waals surface area contributed by atoms with Gasteiger partial charge in [0.1, 0.15) is 5.60 Å². The first-order valence-corrected chi connectivity index (χ1v) is 16.6. The van der Waals surface area contributed by atoms with E-state index in [9.17, 15) is 14.7 Å². The van der Waals surface area contributed by atoms with Crippen molar-refractivity contribution in [3.05, 3.63) is 108 Å². The molecule has 6 nitrogen and oxygen atoms in total. The molecule has 1 aromatic carbocycles. The van der Waals surface area contributed by atoms with Crippen LogP contribution in [0.15, 0.2) is 102 Å². The minimum atomic E-state index is -0.530. The van der Waals surface area contributed by atoms with E-state index in [0.717, 1.165) is 55.2 Å². The van der Waals surface area contributed by atoms with E-state index in [-0.39, 0.29) is 24.1 Å². The summed E-state index contributed by atoms with van der Waals surface area (Å²) in [6, 6.07) is 5.27. The van der Waals surface area contributed by atoms with Crippen LogP contribution in [0.1, 0.15) is 106 Å². The van der Waals surface area contributed by atoms with Gasteiger partial charge in [0.05, 0.1) is 13.7 Å². The zero-order chi connectivity index (χ0) is 37.3. The molecule has 0 saturated heterocycles. The van der Waals surface area contributed by atoms with Gasteiger partial charge in [-0.2, -0.15) is 0 Å². The molecule has 0 saturated carbocycles. The number of carbonyl (C=O) groups is 2. The van der Waals surface area contributed by atoms with Crippen LogP contribution in [0.2, 0.25) is 0 Å². The topological polar surface area (TPSA) is 93.1 Å². The number of aliphatic hydroxyl groups excluding tert-OH is 1. The summed E-state index contributed by atoms with van der Waals surface area (Å²) in [6.07, 6.45) is 18.0. The second-order valence-corrected chi connectivity index (χ2v) is 12.8. The first-order valence-electron chi connectivity index (χ1n) is 16.6. The van der Waals surface area contributed by atoms with Crippen molar-refractivity contribution in [1.82, 2.24) is 0 Å². The second kappa shape index (κ2) is 26.1. The molecule has 1 aliphatic carbocycles. The number of rotatable bonds is 13. The van der Waals surface area contributed by atoms with Gasteiger partial charge in [0.2, 0.25) is 0 Å². The Bertz CT molecular complexity index is 1280. The molecule has 0 aliphatic heterocycles. The fourth-order valence-electron chi connectivity index (χ4n) is 4.31. The first kappa shape index (κ1) is 46.2. The summed E-state index contributed by atoms with van der Waals surface area (Å²) in [5.41, 5.74) is 6.51. The summed E-state index contributed by atoms with van der Waals surface area (Å²) >= 11 is 0. The van der Waals surface area contributed by atoms with Gasteiger partial charge in [0.15, 0.2) is 17.3 Å². The zero-order valence-electron chi connectivity index (χ0n) is 31.6. The van der Waals surface area contributed by atoms with Crippen molar-refractivity contribution in [3.8, 4) is 11.5 Å². The highest BCUT2D eigenvalue weighted by molar-refractivity contribution is 5.95. The molecule has 2 rings (SSSR count). The van der Waals surface area contributed by atoms with E-state index < -0.39 is 5.60 Å². The van der Waals surface area contributed by atoms with Gasteiger partial charge in [0.25, 0.3) is 0 Å². The van der Waals surface area contributed by atoms with Crippen LogP contribution < -0.4 is 4.74 Å². The van der Waals surface area contributed by atoms with Crippen molar-refractivity contribution >= 4 is 11.8 Å². The van der Waals surface area contributed by atoms with Crippen LogP contribution in [0.3, 0.4) is 0 Å². The van der Waals surface area contributed by atoms with Gasteiger partial charge in [-0.15, -0.1) is 6.58 Å². The number of methoxy groups -OCH3 is 1. The molecule has 0 heterocycles. The van der Waals surface area contributed by atoms with Crippen molar-refractivity contribution in [2.45, 2.75) is 113 Å². The summed E-state index contributed by atoms with van der Waals surface area (Å²) in [5, 5.41) is 17.8. The smallest absolute Gasteiger partial charge is 0.303 e. The van der Waals surface area contributed by atoms with E-state index in [0.29, 0.717) is 18.1 Å². The number of esters is 1. The largest absolute Gasteiger partial charge is 0.504 e. The number of hydrogen-bond acceptors (Lipinski definition) is 6. The summed E-state index contributed by atoms with van der Waals surface area (Å²) in [6.45, 7) is 28.9. The average Bonchev–Trinajstić information content (AvgIpc) is 3.00. The monoisotopic (exact) mass is 664 g/mol. The van der Waals surface area contributed by atoms with Gasteiger partial charge >= 0.3 is 5.97 Å². The number of Topliss-reactive ketones (excluding diaryl/α,β-unsaturated/α-hetero) is 1. The summed E-state index contributed by atoms with van der Waals surface area (Å²) in [5.74, 6) is 1.10. The van der Waals surface area contributed by atoms with Crippen LogP contribution in [0.5, 0.6) is 11.5 Å². The number of carbonyl (C=O) groups excluding carboxylic acids is 2. The Kier molecular flexibility index (Phi) is 25.1. The van der Waals surface area contributed by atoms with Crippen molar-refractivity contribution in [1.29, 1.82) is 0 Å². The van der Waals surface area contributed by atoms with E-state index in [1.807, 2.05) is 45.1 Å². The highest BCUT2D eigenvalue weighted by Crippen LogP contribution is 2.27. The molecular formula is C42H64O6. The number of aliphatic hydroxyl groups is 1. The molecule has 0 fully saturated rings. The third-order valence-corrected chi connectivity index (χ3v) is 7.43. The predicted octanol–water partition coefficient (Wildman–Crippen LogP) is 10.5. The lowest BCUT2D eigenvalue weighted by Gasteiger charge is -2.24. The molecule has 2 atom stereocenters. The number of hydrogen-bond donors (Lipinski definition) is 2. The molecule has 0 bridgehead atoms. The number of ketones is 1. The maximum absolute atomic E-state index is 11.2. The van der Waals surface area contributed by atoms with E-state index in [1.54, 1.807) is 18.2 Å². The van der Waals surface area contributed by atoms with Gasteiger partial charge < -0.3 is 19.7 Å². The Morgan fingerprint density at radius 1 is 1.02 bits per heavy atom. The van der Waals surface area contributed by atoms with Crippen molar-refractivity contribution in [2.75, 3.05) is 13.7 Å². The van der Waals surface area contributed by atoms with Crippen molar-refractivity contribution in [3.63, 3.8) is 0 Å². The lowest BCUT2D eigenvalue weighted by atomic mass is 9.85. The van der Waals surface area contributed by atoms with Crippen LogP contribution in [0, 0.1) is 5.92 Å². The van der Waals surface area contributed by atoms with Crippen LogP contribution in [-0.2, 0) is 20.7 Å². The average molecular weight is 665 g/mol. The Labute approximate surface area is 292 Å². The van der Waals surface area contributed by atoms with Crippen molar-refractivity contribution < 1.29 is 29.3 Å². The molecule has 1 unspecified atom stereocenters. The van der Waals surface area contributed by atoms with Crippen LogP contribution in [0.25, 0.3) is 0 Å². The molecule has 0 spiro atoms. The standard InChI is InChI=1S/C12H20O2.C10H12O2.C10H14O.C10H18O/c1-6-12(5,14-11(4)13)9-7-8-10(2)3;1-3-4-8-5-6-9(11)10(7-8)12-2;1-7(2)9-5-4-8(3)10(11)6-9;1-9(2)5-4-6-10(3)7-8-11/h6,8H,1,7,9H2,2-5H3;3,5-7,11H,1,4H2,2H3;4,9H,1,5-6H2,2-3H3;5,7,11H,4,6,8H2,1-3H3/b;;;10-7+/t;;9-;/m..1./s1. The van der Waals surface area contributed by atoms with Crippen LogP contribution >= 0.6 is 0 Å². The maximum Gasteiger partial charge on any atom is 0.303 e. The van der Waals surface area contributed by atoms with Gasteiger partial charge in [-0.3, -0.25) is 9.59 Å². The number of benzene rings is 1. The molecule has 6 heteroatoms. The van der Waals surface area contributed by atoms with Gasteiger partial charge in [-0.05, 0) is 129 Å². The Balaban J connectivity index is 0. The highest BCUT2D eigenvalue weighted by atomic mass is 16.6. The number of aromatic hydroxyl groups is 1. The minimum Gasteiger partial charge on any atom is -0.504 e. The Hall–Kier alpha value is -3.90. The fourth-order valence-corrected chi connectivity index (χ4v) is 4.31. The molecule has 0 aromatic heterocycles. The number of ether oxygens (including phenoxy) is 2. The van der Waals surface area contributed by atoms with E-state index in [2.05, 4.69) is 66.5 Å². The lowest BCUT2D eigenvalue weighted by Crippen LogP contribution is -2.27. The SMILES string of the molecule is C=C(C)[C@@H]1CC=C(C)C(=O)C1.C=CC(C)(CCC=C(C)C)OC(C)=O.C=CCc1ccc(O)c(OC)c1.CC(C)=CCC/C(C)=C/CO. The normalized spacial score (nSPS) is 14.7. The first-order chi connectivity index (χ1) is 22.4. The molecular weight excluding hydrogens is 600 g/mol. The fraction of sp³-hybridized carbons (Fsp3) is 0.476. The number of allylic oxidation sites excluding steroid dienone is 9. The van der Waals surface area contributed by atoms with Crippen LogP contribution in [0.4, 0.5) is 0 Å². The molecule has 1 aliphatic rings. The Morgan fingerprint density at radius 2 is 1.62 bits per heavy atom. The van der Waals surface area contributed by atoms with E-state index in [1.165, 1.54) is 30.8 Å². The third kappa shape index (κ3) is 23.4. The number of phenolic OH excluding ortho intramolecular Hbond substituents is 1. The third-order valence-electron chi connectivity index (χ3n) is 7.43. The van der Waals surface area contributed by atoms with E-state index in [4.69, 9.17) is 14.6 Å². The molecule has 48 heavy (non-hydrogen) atoms. The molecule has 0 amide bonds. The summed E-state index contributed by atoms with van der Waals surface area (Å²) in [4.78, 5) is 22.0. The summed E-state index contributed by atoms with van der Waals surface area (Å²) in [7, 11) is 1.53. The highest BCUT2D eigenvalue weighted by Gasteiger charge is 2.22. The molecule has 0 radical (unpaired) electrons. The Morgan fingerprint density at radius 3 is 2.08 bits per heavy atom. The minimum absolute atomic E-state index is 0.167. The van der Waals surface area contributed by atoms with Crippen LogP contribution in [-0.4, -0.2) is 41.3 Å². The molecule has 268 valence electrons. The quantitative estimate of drug-likeness (QED) is 0.161. The number of phenols is 1. The summed E-state index contributed by atoms with van der Waals surface area (Å²) < 4.78 is 10.1.